The maximum Gasteiger partial charge on any atom is 0.136 e. The van der Waals surface area contributed by atoms with E-state index < -0.39 is 0 Å². The van der Waals surface area contributed by atoms with Crippen LogP contribution in [0.3, 0.4) is 0 Å². The number of aromatic nitrogens is 1. The molecule has 5 aromatic carbocycles. The highest BCUT2D eigenvalue weighted by molar-refractivity contribution is 6.24. The molecule has 0 bridgehead atoms. The van der Waals surface area contributed by atoms with Gasteiger partial charge in [0.15, 0.2) is 0 Å². The molecule has 4 heteroatoms. The van der Waals surface area contributed by atoms with Gasteiger partial charge in [-0.1, -0.05) is 36.4 Å². The fourth-order valence-corrected chi connectivity index (χ4v) is 5.76. The zero-order valence-electron chi connectivity index (χ0n) is 18.9. The van der Waals surface area contributed by atoms with Gasteiger partial charge < -0.3 is 8.82 Å². The highest BCUT2D eigenvalue weighted by atomic mass is 16.3. The van der Waals surface area contributed by atoms with Gasteiger partial charge in [-0.2, -0.15) is 10.5 Å². The molecule has 164 valence electrons. The van der Waals surface area contributed by atoms with Crippen LogP contribution in [0.15, 0.2) is 95.4 Å². The summed E-state index contributed by atoms with van der Waals surface area (Å²) in [5, 5.41) is 25.7. The minimum absolute atomic E-state index is 0.614. The van der Waals surface area contributed by atoms with Gasteiger partial charge in [0, 0.05) is 32.3 Å². The third-order valence-corrected chi connectivity index (χ3v) is 7.36. The predicted octanol–water partition coefficient (Wildman–Crippen LogP) is 8.15. The number of hydrogen-bond donors (Lipinski definition) is 0. The normalized spacial score (nSPS) is 11.8. The highest BCUT2D eigenvalue weighted by Crippen LogP contribution is 2.42. The Bertz CT molecular complexity index is 2180. The Hall–Kier alpha value is -5.32. The molecule has 0 amide bonds. The average molecular weight is 457 g/mol. The number of benzene rings is 5. The Morgan fingerprint density at radius 1 is 0.528 bits per heavy atom. The topological polar surface area (TPSA) is 65.1 Å². The Morgan fingerprint density at radius 2 is 1.14 bits per heavy atom. The number of rotatable bonds is 1. The Morgan fingerprint density at radius 3 is 1.81 bits per heavy atom. The Kier molecular flexibility index (Phi) is 3.51. The first kappa shape index (κ1) is 19.0. The maximum absolute atomic E-state index is 9.55. The number of furan rings is 1. The quantitative estimate of drug-likeness (QED) is 0.250. The van der Waals surface area contributed by atoms with Crippen LogP contribution in [0.2, 0.25) is 0 Å². The van der Waals surface area contributed by atoms with Crippen molar-refractivity contribution in [2.45, 2.75) is 0 Å². The van der Waals surface area contributed by atoms with Crippen molar-refractivity contribution in [3.8, 4) is 23.3 Å². The minimum Gasteiger partial charge on any atom is -0.456 e. The van der Waals surface area contributed by atoms with Gasteiger partial charge in [-0.15, -0.1) is 0 Å². The molecule has 0 saturated heterocycles. The van der Waals surface area contributed by atoms with Gasteiger partial charge in [-0.05, 0) is 65.7 Å². The van der Waals surface area contributed by atoms with Crippen molar-refractivity contribution in [2.24, 2.45) is 0 Å². The molecule has 0 radical (unpaired) electrons. The molecule has 36 heavy (non-hydrogen) atoms. The summed E-state index contributed by atoms with van der Waals surface area (Å²) < 4.78 is 8.36. The lowest BCUT2D eigenvalue weighted by Gasteiger charge is -2.04. The Balaban J connectivity index is 1.50. The number of fused-ring (bicyclic) bond motifs is 9. The molecular formula is C32H15N3O. The van der Waals surface area contributed by atoms with Crippen LogP contribution in [0.1, 0.15) is 11.1 Å². The molecule has 3 aromatic heterocycles. The van der Waals surface area contributed by atoms with E-state index in [9.17, 15) is 10.5 Å². The fraction of sp³-hybridized carbons (Fsp3) is 0. The van der Waals surface area contributed by atoms with Crippen molar-refractivity contribution in [2.75, 3.05) is 0 Å². The summed E-state index contributed by atoms with van der Waals surface area (Å²) in [5.41, 5.74) is 8.22. The molecule has 3 heterocycles. The van der Waals surface area contributed by atoms with Crippen LogP contribution in [0, 0.1) is 22.7 Å². The first-order valence-electron chi connectivity index (χ1n) is 11.7. The average Bonchev–Trinajstić information content (AvgIpc) is 3.57. The molecule has 0 spiro atoms. The monoisotopic (exact) mass is 457 g/mol. The molecule has 0 aliphatic carbocycles. The summed E-state index contributed by atoms with van der Waals surface area (Å²) in [6.45, 7) is 0. The Labute approximate surface area is 204 Å². The van der Waals surface area contributed by atoms with Gasteiger partial charge in [-0.3, -0.25) is 0 Å². The van der Waals surface area contributed by atoms with Gasteiger partial charge in [0.25, 0.3) is 0 Å². The zero-order valence-corrected chi connectivity index (χ0v) is 18.9. The second-order valence-electron chi connectivity index (χ2n) is 9.25. The molecule has 0 atom stereocenters. The number of hydrogen-bond acceptors (Lipinski definition) is 3. The lowest BCUT2D eigenvalue weighted by molar-refractivity contribution is 0.669. The SMILES string of the molecule is N#Cc1ccc2c3cc(-c4ccc5c(c4)oc4ccccc45)cc4c5ccc(C#N)cc5n(c2c1)c34. The molecule has 8 rings (SSSR count). The van der Waals surface area contributed by atoms with Crippen molar-refractivity contribution < 1.29 is 4.42 Å². The van der Waals surface area contributed by atoms with Crippen molar-refractivity contribution in [3.63, 3.8) is 0 Å². The van der Waals surface area contributed by atoms with Crippen molar-refractivity contribution in [3.05, 3.63) is 102 Å². The minimum atomic E-state index is 0.614. The lowest BCUT2D eigenvalue weighted by Crippen LogP contribution is -1.83. The van der Waals surface area contributed by atoms with E-state index in [4.69, 9.17) is 4.42 Å². The van der Waals surface area contributed by atoms with E-state index >= 15 is 0 Å². The van der Waals surface area contributed by atoms with Gasteiger partial charge in [-0.25, -0.2) is 0 Å². The first-order chi connectivity index (χ1) is 17.7. The number of nitrogens with zero attached hydrogens (tertiary/aromatic N) is 3. The van der Waals surface area contributed by atoms with E-state index in [0.717, 1.165) is 71.2 Å². The first-order valence-corrected chi connectivity index (χ1v) is 11.7. The molecule has 0 unspecified atom stereocenters. The van der Waals surface area contributed by atoms with E-state index in [1.807, 2.05) is 54.6 Å². The molecule has 4 nitrogen and oxygen atoms in total. The van der Waals surface area contributed by atoms with E-state index in [1.165, 1.54) is 0 Å². The third kappa shape index (κ3) is 2.35. The summed E-state index contributed by atoms with van der Waals surface area (Å²) in [6, 6.07) is 35.2. The summed E-state index contributed by atoms with van der Waals surface area (Å²) in [6.07, 6.45) is 0. The summed E-state index contributed by atoms with van der Waals surface area (Å²) in [7, 11) is 0. The lowest BCUT2D eigenvalue weighted by atomic mass is 9.98. The van der Waals surface area contributed by atoms with Crippen LogP contribution in [-0.4, -0.2) is 4.40 Å². The van der Waals surface area contributed by atoms with Crippen molar-refractivity contribution >= 4 is 60.0 Å². The molecular weight excluding hydrogens is 442 g/mol. The largest absolute Gasteiger partial charge is 0.456 e. The van der Waals surface area contributed by atoms with Crippen molar-refractivity contribution in [1.29, 1.82) is 10.5 Å². The van der Waals surface area contributed by atoms with E-state index in [0.29, 0.717) is 11.1 Å². The van der Waals surface area contributed by atoms with Gasteiger partial charge in [0.05, 0.1) is 39.8 Å². The smallest absolute Gasteiger partial charge is 0.136 e. The summed E-state index contributed by atoms with van der Waals surface area (Å²) >= 11 is 0. The second kappa shape index (κ2) is 6.63. The van der Waals surface area contributed by atoms with Crippen LogP contribution < -0.4 is 0 Å². The molecule has 0 aliphatic heterocycles. The van der Waals surface area contributed by atoms with E-state index in [-0.39, 0.29) is 0 Å². The number of nitriles is 2. The highest BCUT2D eigenvalue weighted by Gasteiger charge is 2.20. The molecule has 0 N–H and O–H groups in total. The van der Waals surface area contributed by atoms with Gasteiger partial charge in [0.1, 0.15) is 11.2 Å². The molecule has 0 fully saturated rings. The maximum atomic E-state index is 9.55. The van der Waals surface area contributed by atoms with Crippen LogP contribution >= 0.6 is 0 Å². The van der Waals surface area contributed by atoms with Crippen LogP contribution in [0.4, 0.5) is 0 Å². The van der Waals surface area contributed by atoms with E-state index in [1.54, 1.807) is 0 Å². The zero-order chi connectivity index (χ0) is 24.0. The molecule has 8 aromatic rings. The predicted molar refractivity (Wildman–Crippen MR) is 143 cm³/mol. The summed E-state index contributed by atoms with van der Waals surface area (Å²) in [4.78, 5) is 0. The van der Waals surface area contributed by atoms with Crippen LogP contribution in [-0.2, 0) is 0 Å². The van der Waals surface area contributed by atoms with E-state index in [2.05, 4.69) is 52.9 Å². The number of para-hydroxylation sites is 1. The fourth-order valence-electron chi connectivity index (χ4n) is 5.76. The van der Waals surface area contributed by atoms with Crippen molar-refractivity contribution in [1.82, 2.24) is 4.40 Å². The summed E-state index contributed by atoms with van der Waals surface area (Å²) in [5.74, 6) is 0. The third-order valence-electron chi connectivity index (χ3n) is 7.36. The van der Waals surface area contributed by atoms with Gasteiger partial charge >= 0.3 is 0 Å². The standard InChI is InChI=1S/C32H15N3O/c33-16-18-5-8-22-26-13-21(20-7-10-25-24-3-1-2-4-30(24)36-31(25)15-20)14-27-23-9-6-19(17-34)12-29(23)35(32(26)27)28(22)11-18/h1-15H. The second-order valence-corrected chi connectivity index (χ2v) is 9.25. The van der Waals surface area contributed by atoms with Crippen LogP contribution in [0.25, 0.3) is 71.2 Å². The molecule has 0 aliphatic rings. The molecule has 0 saturated carbocycles. The van der Waals surface area contributed by atoms with Gasteiger partial charge in [0.2, 0.25) is 0 Å². The van der Waals surface area contributed by atoms with Crippen LogP contribution in [0.5, 0.6) is 0 Å².